The Kier molecular flexibility index (Phi) is 5.71. The number of aromatic nitrogens is 2. The number of nitrogens with zero attached hydrogens (tertiary/aromatic N) is 4. The maximum absolute atomic E-state index is 12.9. The van der Waals surface area contributed by atoms with Gasteiger partial charge in [0.05, 0.1) is 16.8 Å². The summed E-state index contributed by atoms with van der Waals surface area (Å²) in [6.45, 7) is 7.49. The Morgan fingerprint density at radius 2 is 1.67 bits per heavy atom. The van der Waals surface area contributed by atoms with Crippen molar-refractivity contribution in [2.45, 2.75) is 26.8 Å². The van der Waals surface area contributed by atoms with Crippen LogP contribution in [-0.2, 0) is 21.4 Å². The van der Waals surface area contributed by atoms with Crippen molar-refractivity contribution in [3.05, 3.63) is 34.7 Å². The first kappa shape index (κ1) is 19.6. The van der Waals surface area contributed by atoms with Crippen LogP contribution in [0, 0.1) is 0 Å². The second kappa shape index (κ2) is 7.85. The van der Waals surface area contributed by atoms with E-state index in [9.17, 15) is 18.0 Å². The van der Waals surface area contributed by atoms with Gasteiger partial charge in [0.25, 0.3) is 0 Å². The van der Waals surface area contributed by atoms with Gasteiger partial charge >= 0.3 is 5.69 Å². The van der Waals surface area contributed by atoms with Crippen molar-refractivity contribution in [1.82, 2.24) is 18.3 Å². The molecule has 0 bridgehead atoms. The van der Waals surface area contributed by atoms with Gasteiger partial charge in [0.15, 0.2) is 0 Å². The molecule has 0 N–H and O–H groups in total. The highest BCUT2D eigenvalue weighted by Crippen LogP contribution is 2.16. The summed E-state index contributed by atoms with van der Waals surface area (Å²) >= 11 is 0. The van der Waals surface area contributed by atoms with E-state index in [1.807, 2.05) is 0 Å². The summed E-state index contributed by atoms with van der Waals surface area (Å²) in [7, 11) is -3.77. The van der Waals surface area contributed by atoms with Gasteiger partial charge in [-0.15, -0.1) is 0 Å². The summed E-state index contributed by atoms with van der Waals surface area (Å²) in [5, 5.41) is 0. The van der Waals surface area contributed by atoms with Crippen molar-refractivity contribution in [2.75, 3.05) is 38.5 Å². The average molecular weight is 394 g/mol. The van der Waals surface area contributed by atoms with Crippen molar-refractivity contribution in [3.8, 4) is 0 Å². The summed E-state index contributed by atoms with van der Waals surface area (Å²) in [5.74, 6) is -0.281. The molecule has 2 aromatic rings. The lowest BCUT2D eigenvalue weighted by molar-refractivity contribution is -0.133. The molecule has 2 heterocycles. The zero-order valence-corrected chi connectivity index (χ0v) is 16.6. The van der Waals surface area contributed by atoms with Crippen LogP contribution >= 0.6 is 0 Å². The lowest BCUT2D eigenvalue weighted by atomic mass is 10.3. The number of carbonyl (C=O) groups excluding carboxylic acids is 1. The largest absolute Gasteiger partial charge is 0.343 e. The van der Waals surface area contributed by atoms with Crippen molar-refractivity contribution in [1.29, 1.82) is 0 Å². The molecule has 0 spiro atoms. The molecule has 27 heavy (non-hydrogen) atoms. The molecule has 0 atom stereocenters. The maximum atomic E-state index is 12.9. The molecule has 0 unspecified atom stereocenters. The van der Waals surface area contributed by atoms with Crippen LogP contribution in [0.3, 0.4) is 0 Å². The number of fused-ring (bicyclic) bond motifs is 1. The Bertz CT molecular complexity index is 984. The fourth-order valence-electron chi connectivity index (χ4n) is 3.50. The minimum absolute atomic E-state index is 0.117. The van der Waals surface area contributed by atoms with Crippen LogP contribution in [-0.4, -0.2) is 71.1 Å². The van der Waals surface area contributed by atoms with Crippen LogP contribution in [0.4, 0.5) is 0 Å². The topological polar surface area (TPSA) is 84.6 Å². The number of hydrogen-bond donors (Lipinski definition) is 0. The average Bonchev–Trinajstić information content (AvgIpc) is 2.94. The molecule has 1 aliphatic heterocycles. The first-order chi connectivity index (χ1) is 12.9. The van der Waals surface area contributed by atoms with Crippen LogP contribution in [0.1, 0.15) is 20.3 Å². The summed E-state index contributed by atoms with van der Waals surface area (Å²) in [4.78, 5) is 29.6. The van der Waals surface area contributed by atoms with Gasteiger partial charge in [-0.3, -0.25) is 9.36 Å². The van der Waals surface area contributed by atoms with Gasteiger partial charge in [0, 0.05) is 26.2 Å². The molecule has 0 saturated carbocycles. The number of carbonyl (C=O) groups is 1. The van der Waals surface area contributed by atoms with Crippen LogP contribution in [0.25, 0.3) is 11.0 Å². The minimum Gasteiger partial charge on any atom is -0.339 e. The Hall–Kier alpha value is -2.13. The van der Waals surface area contributed by atoms with E-state index in [2.05, 4.69) is 11.8 Å². The molecule has 1 saturated heterocycles. The van der Waals surface area contributed by atoms with E-state index in [0.29, 0.717) is 30.5 Å². The minimum atomic E-state index is -3.77. The second-order valence-electron chi connectivity index (χ2n) is 6.75. The van der Waals surface area contributed by atoms with Gasteiger partial charge in [-0.2, -0.15) is 3.97 Å². The van der Waals surface area contributed by atoms with E-state index in [1.54, 1.807) is 36.1 Å². The molecule has 1 amide bonds. The van der Waals surface area contributed by atoms with Crippen LogP contribution in [0.2, 0.25) is 0 Å². The highest BCUT2D eigenvalue weighted by atomic mass is 32.2. The van der Waals surface area contributed by atoms with E-state index in [1.165, 1.54) is 4.57 Å². The normalized spacial score (nSPS) is 16.1. The van der Waals surface area contributed by atoms with Gasteiger partial charge in [-0.25, -0.2) is 13.2 Å². The molecule has 1 aliphatic rings. The van der Waals surface area contributed by atoms with E-state index < -0.39 is 15.7 Å². The van der Waals surface area contributed by atoms with Gasteiger partial charge < -0.3 is 9.80 Å². The lowest BCUT2D eigenvalue weighted by Gasteiger charge is -2.34. The SMILES string of the molecule is CCCS(=O)(=O)n1c(=O)n(CC(=O)N2CCN(CC)CC2)c2ccccc21. The number of amides is 1. The summed E-state index contributed by atoms with van der Waals surface area (Å²) in [5.41, 5.74) is 0.104. The van der Waals surface area contributed by atoms with E-state index in [4.69, 9.17) is 0 Å². The molecule has 9 heteroatoms. The van der Waals surface area contributed by atoms with Crippen molar-refractivity contribution in [3.63, 3.8) is 0 Å². The number of rotatable bonds is 6. The lowest BCUT2D eigenvalue weighted by Crippen LogP contribution is -2.49. The van der Waals surface area contributed by atoms with Gasteiger partial charge in [-0.05, 0) is 25.1 Å². The number of likely N-dealkylation sites (N-methyl/N-ethyl adjacent to an activating group) is 1. The molecule has 1 aromatic heterocycles. The first-order valence-electron chi connectivity index (χ1n) is 9.32. The van der Waals surface area contributed by atoms with Gasteiger partial charge in [0.2, 0.25) is 15.9 Å². The summed E-state index contributed by atoms with van der Waals surface area (Å²) < 4.78 is 27.3. The summed E-state index contributed by atoms with van der Waals surface area (Å²) in [6.07, 6.45) is 0.412. The molecule has 1 aromatic carbocycles. The zero-order valence-electron chi connectivity index (χ0n) is 15.8. The molecule has 0 aliphatic carbocycles. The number of benzene rings is 1. The fraction of sp³-hybridized carbons (Fsp3) is 0.556. The molecule has 148 valence electrons. The molecular formula is C18H26N4O4S. The number of imidazole rings is 1. The van der Waals surface area contributed by atoms with E-state index >= 15 is 0 Å². The summed E-state index contributed by atoms with van der Waals surface area (Å²) in [6, 6.07) is 6.71. The van der Waals surface area contributed by atoms with Crippen molar-refractivity contribution in [2.24, 2.45) is 0 Å². The number of hydrogen-bond acceptors (Lipinski definition) is 5. The van der Waals surface area contributed by atoms with Crippen LogP contribution < -0.4 is 5.69 Å². The zero-order chi connectivity index (χ0) is 19.6. The Balaban J connectivity index is 1.95. The van der Waals surface area contributed by atoms with Crippen molar-refractivity contribution < 1.29 is 13.2 Å². The maximum Gasteiger partial charge on any atom is 0.343 e. The third-order valence-electron chi connectivity index (χ3n) is 5.00. The Morgan fingerprint density at radius 3 is 2.26 bits per heavy atom. The highest BCUT2D eigenvalue weighted by Gasteiger charge is 2.26. The first-order valence-corrected chi connectivity index (χ1v) is 10.9. The van der Waals surface area contributed by atoms with Gasteiger partial charge in [0.1, 0.15) is 6.54 Å². The molecule has 1 fully saturated rings. The standard InChI is InChI=1S/C18H26N4O4S/c1-3-13-27(25,26)22-16-8-6-5-7-15(16)21(18(22)24)14-17(23)20-11-9-19(4-2)10-12-20/h5-8H,3-4,9-14H2,1-2H3. The third-order valence-corrected chi connectivity index (χ3v) is 6.84. The predicted octanol–water partition coefficient (Wildman–Crippen LogP) is 0.555. The van der Waals surface area contributed by atoms with E-state index in [0.717, 1.165) is 23.6 Å². The molecule has 0 radical (unpaired) electrons. The molecule has 8 nitrogen and oxygen atoms in total. The van der Waals surface area contributed by atoms with Crippen LogP contribution in [0.5, 0.6) is 0 Å². The molecule has 3 rings (SSSR count). The molecular weight excluding hydrogens is 368 g/mol. The highest BCUT2D eigenvalue weighted by molar-refractivity contribution is 7.90. The third kappa shape index (κ3) is 3.79. The van der Waals surface area contributed by atoms with Crippen molar-refractivity contribution >= 4 is 27.0 Å². The second-order valence-corrected chi connectivity index (χ2v) is 8.69. The fourth-order valence-corrected chi connectivity index (χ4v) is 4.99. The smallest absolute Gasteiger partial charge is 0.339 e. The van der Waals surface area contributed by atoms with Gasteiger partial charge in [-0.1, -0.05) is 26.0 Å². The number of para-hydroxylation sites is 2. The Labute approximate surface area is 159 Å². The quantitative estimate of drug-likeness (QED) is 0.715. The van der Waals surface area contributed by atoms with Crippen LogP contribution in [0.15, 0.2) is 29.1 Å². The predicted molar refractivity (Wildman–Crippen MR) is 104 cm³/mol. The van der Waals surface area contributed by atoms with E-state index in [-0.39, 0.29) is 18.2 Å². The monoisotopic (exact) mass is 394 g/mol. The Morgan fingerprint density at radius 1 is 1.04 bits per heavy atom. The number of piperazine rings is 1.